The van der Waals surface area contributed by atoms with Crippen LogP contribution in [0, 0.1) is 0 Å². The Bertz CT molecular complexity index is 739. The van der Waals surface area contributed by atoms with Crippen molar-refractivity contribution in [2.75, 3.05) is 46.3 Å². The van der Waals surface area contributed by atoms with Crippen LogP contribution < -0.4 is 14.4 Å². The summed E-state index contributed by atoms with van der Waals surface area (Å²) in [6, 6.07) is 3.94. The van der Waals surface area contributed by atoms with Crippen LogP contribution in [0.4, 0.5) is 5.69 Å². The van der Waals surface area contributed by atoms with E-state index in [1.165, 1.54) is 24.6 Å². The van der Waals surface area contributed by atoms with E-state index >= 15 is 0 Å². The van der Waals surface area contributed by atoms with Crippen LogP contribution in [0.3, 0.4) is 0 Å². The fraction of sp³-hybridized carbons (Fsp3) is 0.444. The Morgan fingerprint density at radius 2 is 1.84 bits per heavy atom. The summed E-state index contributed by atoms with van der Waals surface area (Å²) in [5.74, 6) is 1.46. The maximum atomic E-state index is 12.4. The molecule has 3 rings (SSSR count). The molecule has 25 heavy (non-hydrogen) atoms. The number of ether oxygens (including phenoxy) is 2. The van der Waals surface area contributed by atoms with Gasteiger partial charge in [-0.15, -0.1) is 0 Å². The molecule has 0 unspecified atom stereocenters. The van der Waals surface area contributed by atoms with E-state index in [0.29, 0.717) is 10.1 Å². The van der Waals surface area contributed by atoms with E-state index in [-0.39, 0.29) is 5.91 Å². The molecule has 1 amide bonds. The van der Waals surface area contributed by atoms with E-state index in [4.69, 9.17) is 9.47 Å². The van der Waals surface area contributed by atoms with Gasteiger partial charge in [-0.3, -0.25) is 14.7 Å². The lowest BCUT2D eigenvalue weighted by atomic mass is 10.1. The molecule has 2 saturated heterocycles. The van der Waals surface area contributed by atoms with E-state index in [1.807, 2.05) is 18.2 Å². The third kappa shape index (κ3) is 3.33. The molecular formula is C18H23N3O3S. The smallest absolute Gasteiger partial charge is 0.266 e. The minimum Gasteiger partial charge on any atom is -0.496 e. The second-order valence-corrected chi connectivity index (χ2v) is 6.95. The third-order valence-electron chi connectivity index (χ3n) is 4.46. The van der Waals surface area contributed by atoms with Crippen molar-refractivity contribution in [3.63, 3.8) is 0 Å². The molecule has 1 aromatic rings. The summed E-state index contributed by atoms with van der Waals surface area (Å²) in [5, 5.41) is 0.691. The molecule has 0 bridgehead atoms. The summed E-state index contributed by atoms with van der Waals surface area (Å²) >= 11 is 1.36. The number of rotatable bonds is 4. The van der Waals surface area contributed by atoms with Crippen molar-refractivity contribution in [3.05, 3.63) is 22.6 Å². The average molecular weight is 361 g/mol. The Balaban J connectivity index is 2.01. The molecule has 0 spiro atoms. The van der Waals surface area contributed by atoms with Gasteiger partial charge in [0.15, 0.2) is 5.17 Å². The molecule has 1 aromatic carbocycles. The standard InChI is InChI=1S/C18H23N3O3S/c1-19-18-20(2)17(22)16(25-18)10-12-9-15(24-4)13(11-14(12)23-3)21-7-5-6-8-21/h9-11H,5-8H2,1-4H3. The van der Waals surface area contributed by atoms with Crippen molar-refractivity contribution in [2.45, 2.75) is 12.8 Å². The van der Waals surface area contributed by atoms with Gasteiger partial charge in [0.25, 0.3) is 5.91 Å². The van der Waals surface area contributed by atoms with Gasteiger partial charge < -0.3 is 14.4 Å². The summed E-state index contributed by atoms with van der Waals surface area (Å²) in [6.45, 7) is 2.05. The number of carbonyl (C=O) groups is 1. The van der Waals surface area contributed by atoms with Crippen molar-refractivity contribution < 1.29 is 14.3 Å². The van der Waals surface area contributed by atoms with Crippen LogP contribution in [0.15, 0.2) is 22.0 Å². The van der Waals surface area contributed by atoms with Crippen LogP contribution in [-0.2, 0) is 4.79 Å². The highest BCUT2D eigenvalue weighted by Gasteiger charge is 2.30. The predicted molar refractivity (Wildman–Crippen MR) is 103 cm³/mol. The number of hydrogen-bond acceptors (Lipinski definition) is 6. The Kier molecular flexibility index (Phi) is 5.22. The Morgan fingerprint density at radius 3 is 2.40 bits per heavy atom. The number of amides is 1. The summed E-state index contributed by atoms with van der Waals surface area (Å²) in [4.78, 5) is 21.0. The zero-order chi connectivity index (χ0) is 18.0. The normalized spacial score (nSPS) is 20.9. The quantitative estimate of drug-likeness (QED) is 0.772. The van der Waals surface area contributed by atoms with Gasteiger partial charge in [0, 0.05) is 38.8 Å². The first kappa shape index (κ1) is 17.7. The van der Waals surface area contributed by atoms with Crippen molar-refractivity contribution in [2.24, 2.45) is 4.99 Å². The molecule has 0 radical (unpaired) electrons. The lowest BCUT2D eigenvalue weighted by Crippen LogP contribution is -2.23. The Hall–Kier alpha value is -2.15. The molecule has 0 saturated carbocycles. The number of methoxy groups -OCH3 is 2. The minimum atomic E-state index is -0.0600. The number of thioether (sulfide) groups is 1. The summed E-state index contributed by atoms with van der Waals surface area (Å²) in [7, 11) is 6.73. The topological polar surface area (TPSA) is 54.4 Å². The molecule has 0 aromatic heterocycles. The summed E-state index contributed by atoms with van der Waals surface area (Å²) < 4.78 is 11.2. The second kappa shape index (κ2) is 7.39. The van der Waals surface area contributed by atoms with Gasteiger partial charge in [-0.25, -0.2) is 0 Å². The van der Waals surface area contributed by atoms with Gasteiger partial charge in [-0.1, -0.05) is 0 Å². The van der Waals surface area contributed by atoms with Crippen molar-refractivity contribution >= 4 is 34.6 Å². The Morgan fingerprint density at radius 1 is 1.16 bits per heavy atom. The molecule has 2 aliphatic heterocycles. The van der Waals surface area contributed by atoms with Crippen LogP contribution in [0.5, 0.6) is 11.5 Å². The number of likely N-dealkylation sites (N-methyl/N-ethyl adjacent to an activating group) is 1. The first-order chi connectivity index (χ1) is 12.1. The van der Waals surface area contributed by atoms with E-state index in [9.17, 15) is 4.79 Å². The largest absolute Gasteiger partial charge is 0.496 e. The highest BCUT2D eigenvalue weighted by atomic mass is 32.2. The zero-order valence-corrected chi connectivity index (χ0v) is 15.9. The van der Waals surface area contributed by atoms with Gasteiger partial charge in [-0.2, -0.15) is 0 Å². The van der Waals surface area contributed by atoms with Gasteiger partial charge >= 0.3 is 0 Å². The number of anilines is 1. The fourth-order valence-electron chi connectivity index (χ4n) is 3.11. The average Bonchev–Trinajstić information content (AvgIpc) is 3.25. The van der Waals surface area contributed by atoms with Gasteiger partial charge in [-0.05, 0) is 36.7 Å². The molecule has 0 aliphatic carbocycles. The zero-order valence-electron chi connectivity index (χ0n) is 15.0. The van der Waals surface area contributed by atoms with Crippen LogP contribution >= 0.6 is 11.8 Å². The molecular weight excluding hydrogens is 338 g/mol. The molecule has 7 heteroatoms. The SMILES string of the molecule is CN=C1SC(=Cc2cc(OC)c(N3CCCC3)cc2OC)C(=O)N1C. The number of nitrogens with zero attached hydrogens (tertiary/aromatic N) is 3. The van der Waals surface area contributed by atoms with E-state index in [2.05, 4.69) is 9.89 Å². The maximum absolute atomic E-state index is 12.4. The number of amidine groups is 1. The number of benzene rings is 1. The minimum absolute atomic E-state index is 0.0600. The van der Waals surface area contributed by atoms with Crippen molar-refractivity contribution in [3.8, 4) is 11.5 Å². The third-order valence-corrected chi connectivity index (χ3v) is 5.61. The van der Waals surface area contributed by atoms with E-state index < -0.39 is 0 Å². The molecule has 0 N–H and O–H groups in total. The van der Waals surface area contributed by atoms with E-state index in [0.717, 1.165) is 35.8 Å². The molecule has 2 heterocycles. The lowest BCUT2D eigenvalue weighted by Gasteiger charge is -2.22. The maximum Gasteiger partial charge on any atom is 0.266 e. The van der Waals surface area contributed by atoms with Crippen molar-refractivity contribution in [1.82, 2.24) is 4.90 Å². The lowest BCUT2D eigenvalue weighted by molar-refractivity contribution is -0.121. The highest BCUT2D eigenvalue weighted by molar-refractivity contribution is 8.18. The second-order valence-electron chi connectivity index (χ2n) is 5.94. The first-order valence-corrected chi connectivity index (χ1v) is 9.06. The van der Waals surface area contributed by atoms with Crippen LogP contribution in [0.1, 0.15) is 18.4 Å². The molecule has 134 valence electrons. The first-order valence-electron chi connectivity index (χ1n) is 8.24. The number of aliphatic imine (C=N–C) groups is 1. The highest BCUT2D eigenvalue weighted by Crippen LogP contribution is 2.40. The van der Waals surface area contributed by atoms with Crippen LogP contribution in [-0.4, -0.2) is 57.4 Å². The molecule has 6 nitrogen and oxygen atoms in total. The van der Waals surface area contributed by atoms with Gasteiger partial charge in [0.2, 0.25) is 0 Å². The molecule has 0 atom stereocenters. The fourth-order valence-corrected chi connectivity index (χ4v) is 4.03. The van der Waals surface area contributed by atoms with Gasteiger partial charge in [0.05, 0.1) is 24.8 Å². The van der Waals surface area contributed by atoms with Crippen LogP contribution in [0.25, 0.3) is 6.08 Å². The monoisotopic (exact) mass is 361 g/mol. The Labute approximate surface area is 152 Å². The summed E-state index contributed by atoms with van der Waals surface area (Å²) in [5.41, 5.74) is 1.86. The number of carbonyl (C=O) groups excluding carboxylic acids is 1. The predicted octanol–water partition coefficient (Wildman–Crippen LogP) is 2.84. The molecule has 2 aliphatic rings. The van der Waals surface area contributed by atoms with Gasteiger partial charge in [0.1, 0.15) is 11.5 Å². The summed E-state index contributed by atoms with van der Waals surface area (Å²) in [6.07, 6.45) is 4.22. The number of hydrogen-bond donors (Lipinski definition) is 0. The van der Waals surface area contributed by atoms with Crippen molar-refractivity contribution in [1.29, 1.82) is 0 Å². The van der Waals surface area contributed by atoms with E-state index in [1.54, 1.807) is 33.2 Å². The van der Waals surface area contributed by atoms with Crippen LogP contribution in [0.2, 0.25) is 0 Å². The molecule has 2 fully saturated rings.